The Bertz CT molecular complexity index is 581. The molecule has 0 saturated heterocycles. The van der Waals surface area contributed by atoms with Crippen molar-refractivity contribution < 1.29 is 8.78 Å². The molecule has 0 N–H and O–H groups in total. The average molecular weight is 272 g/mol. The van der Waals surface area contributed by atoms with Gasteiger partial charge in [0.15, 0.2) is 17.5 Å². The van der Waals surface area contributed by atoms with Crippen molar-refractivity contribution in [2.24, 2.45) is 7.05 Å². The maximum absolute atomic E-state index is 13.9. The summed E-state index contributed by atoms with van der Waals surface area (Å²) in [5.41, 5.74) is 0.152. The Morgan fingerprint density at radius 3 is 2.72 bits per heavy atom. The summed E-state index contributed by atoms with van der Waals surface area (Å²) >= 11 is 5.55. The van der Waals surface area contributed by atoms with Crippen LogP contribution in [0.25, 0.3) is 11.4 Å². The van der Waals surface area contributed by atoms with Crippen LogP contribution in [0.1, 0.15) is 19.2 Å². The number of halogens is 3. The molecule has 0 bridgehead atoms. The van der Waals surface area contributed by atoms with E-state index in [4.69, 9.17) is 11.6 Å². The smallest absolute Gasteiger partial charge is 0.161 e. The van der Waals surface area contributed by atoms with E-state index in [2.05, 4.69) is 10.1 Å². The molecule has 0 aliphatic carbocycles. The topological polar surface area (TPSA) is 30.7 Å². The third-order valence-electron chi connectivity index (χ3n) is 2.56. The maximum Gasteiger partial charge on any atom is 0.161 e. The van der Waals surface area contributed by atoms with E-state index in [1.807, 2.05) is 6.92 Å². The Kier molecular flexibility index (Phi) is 3.61. The van der Waals surface area contributed by atoms with Crippen LogP contribution in [0.15, 0.2) is 12.1 Å². The van der Waals surface area contributed by atoms with Gasteiger partial charge in [-0.25, -0.2) is 18.4 Å². The van der Waals surface area contributed by atoms with Crippen LogP contribution in [0.2, 0.25) is 5.02 Å². The lowest BCUT2D eigenvalue weighted by molar-refractivity contribution is 0.584. The summed E-state index contributed by atoms with van der Waals surface area (Å²) in [5.74, 6) is -0.614. The second kappa shape index (κ2) is 5.02. The molecule has 0 aliphatic heterocycles. The molecule has 96 valence electrons. The van der Waals surface area contributed by atoms with Gasteiger partial charge in [-0.2, -0.15) is 5.10 Å². The fraction of sp³-hybridized carbons (Fsp3) is 0.333. The Balaban J connectivity index is 2.52. The highest BCUT2D eigenvalue weighted by atomic mass is 35.5. The molecule has 0 amide bonds. The molecule has 18 heavy (non-hydrogen) atoms. The van der Waals surface area contributed by atoms with Gasteiger partial charge in [-0.15, -0.1) is 0 Å². The van der Waals surface area contributed by atoms with Gasteiger partial charge in [-0.05, 0) is 18.6 Å². The fourth-order valence-corrected chi connectivity index (χ4v) is 1.86. The Hall–Kier alpha value is -1.49. The van der Waals surface area contributed by atoms with E-state index in [0.29, 0.717) is 18.1 Å². The number of aromatic nitrogens is 3. The van der Waals surface area contributed by atoms with Crippen molar-refractivity contribution in [1.29, 1.82) is 0 Å². The van der Waals surface area contributed by atoms with Crippen molar-refractivity contribution in [1.82, 2.24) is 14.8 Å². The Morgan fingerprint density at radius 2 is 2.06 bits per heavy atom. The number of benzene rings is 1. The first-order chi connectivity index (χ1) is 8.54. The van der Waals surface area contributed by atoms with Crippen LogP contribution in [0, 0.1) is 11.6 Å². The number of hydrogen-bond donors (Lipinski definition) is 0. The van der Waals surface area contributed by atoms with Gasteiger partial charge in [0.25, 0.3) is 0 Å². The van der Waals surface area contributed by atoms with Crippen molar-refractivity contribution in [3.8, 4) is 11.4 Å². The second-order valence-corrected chi connectivity index (χ2v) is 4.33. The zero-order valence-electron chi connectivity index (χ0n) is 10.0. The maximum atomic E-state index is 13.9. The van der Waals surface area contributed by atoms with Gasteiger partial charge in [0, 0.05) is 13.5 Å². The molecule has 0 aliphatic rings. The van der Waals surface area contributed by atoms with Crippen molar-refractivity contribution in [2.45, 2.75) is 19.8 Å². The third kappa shape index (κ3) is 2.22. The minimum absolute atomic E-state index is 0.152. The number of nitrogens with zero attached hydrogens (tertiary/aromatic N) is 3. The van der Waals surface area contributed by atoms with Crippen LogP contribution >= 0.6 is 11.6 Å². The first-order valence-corrected chi connectivity index (χ1v) is 5.96. The molecule has 1 aromatic carbocycles. The lowest BCUT2D eigenvalue weighted by atomic mass is 10.2. The van der Waals surface area contributed by atoms with Crippen LogP contribution in [0.3, 0.4) is 0 Å². The van der Waals surface area contributed by atoms with Crippen LogP contribution in [-0.4, -0.2) is 14.8 Å². The van der Waals surface area contributed by atoms with Crippen LogP contribution in [0.4, 0.5) is 8.78 Å². The quantitative estimate of drug-likeness (QED) is 0.802. The molecule has 0 fully saturated rings. The summed E-state index contributed by atoms with van der Waals surface area (Å²) in [6, 6.07) is 2.44. The Morgan fingerprint density at radius 1 is 1.33 bits per heavy atom. The van der Waals surface area contributed by atoms with E-state index >= 15 is 0 Å². The molecule has 6 heteroatoms. The second-order valence-electron chi connectivity index (χ2n) is 3.95. The Labute approximate surface area is 108 Å². The van der Waals surface area contributed by atoms with Crippen LogP contribution < -0.4 is 0 Å². The molecule has 0 radical (unpaired) electrons. The van der Waals surface area contributed by atoms with E-state index in [1.54, 1.807) is 7.05 Å². The minimum atomic E-state index is -0.810. The van der Waals surface area contributed by atoms with Crippen molar-refractivity contribution >= 4 is 11.6 Å². The predicted octanol–water partition coefficient (Wildman–Crippen LogP) is 3.37. The summed E-state index contributed by atoms with van der Waals surface area (Å²) in [4.78, 5) is 4.23. The molecule has 2 rings (SSSR count). The van der Waals surface area contributed by atoms with Gasteiger partial charge >= 0.3 is 0 Å². The van der Waals surface area contributed by atoms with Gasteiger partial charge < -0.3 is 0 Å². The SMILES string of the molecule is CCCc1nc(-c2ccc(F)c(Cl)c2F)n(C)n1. The lowest BCUT2D eigenvalue weighted by Crippen LogP contribution is -1.98. The molecule has 3 nitrogen and oxygen atoms in total. The van der Waals surface area contributed by atoms with E-state index in [9.17, 15) is 8.78 Å². The predicted molar refractivity (Wildman–Crippen MR) is 65.4 cm³/mol. The number of rotatable bonds is 3. The average Bonchev–Trinajstić information content (AvgIpc) is 2.68. The van der Waals surface area contributed by atoms with Gasteiger partial charge in [0.05, 0.1) is 5.56 Å². The monoisotopic (exact) mass is 271 g/mol. The zero-order valence-corrected chi connectivity index (χ0v) is 10.8. The van der Waals surface area contributed by atoms with Crippen molar-refractivity contribution in [3.05, 3.63) is 34.6 Å². The molecule has 2 aromatic rings. The summed E-state index contributed by atoms with van der Waals surface area (Å²) in [5, 5.41) is 3.65. The van der Waals surface area contributed by atoms with Crippen molar-refractivity contribution in [3.63, 3.8) is 0 Å². The largest absolute Gasteiger partial charge is 0.249 e. The van der Waals surface area contributed by atoms with Gasteiger partial charge in [-0.1, -0.05) is 18.5 Å². The summed E-state index contributed by atoms with van der Waals surface area (Å²) in [6.45, 7) is 2.01. The van der Waals surface area contributed by atoms with E-state index in [-0.39, 0.29) is 5.56 Å². The van der Waals surface area contributed by atoms with Gasteiger partial charge in [0.2, 0.25) is 0 Å². The zero-order chi connectivity index (χ0) is 13.3. The van der Waals surface area contributed by atoms with Gasteiger partial charge in [-0.3, -0.25) is 0 Å². The van der Waals surface area contributed by atoms with Crippen LogP contribution in [0.5, 0.6) is 0 Å². The third-order valence-corrected chi connectivity index (χ3v) is 2.90. The van der Waals surface area contributed by atoms with E-state index in [0.717, 1.165) is 12.5 Å². The highest BCUT2D eigenvalue weighted by molar-refractivity contribution is 6.31. The molecule has 0 spiro atoms. The number of aryl methyl sites for hydroxylation is 2. The first kappa shape index (κ1) is 13.0. The summed E-state index contributed by atoms with van der Waals surface area (Å²) < 4.78 is 28.4. The molecule has 0 saturated carbocycles. The molecule has 1 heterocycles. The molecular weight excluding hydrogens is 260 g/mol. The van der Waals surface area contributed by atoms with E-state index in [1.165, 1.54) is 10.7 Å². The summed E-state index contributed by atoms with van der Waals surface area (Å²) in [6.07, 6.45) is 1.61. The first-order valence-electron chi connectivity index (χ1n) is 5.58. The van der Waals surface area contributed by atoms with Crippen molar-refractivity contribution in [2.75, 3.05) is 0 Å². The van der Waals surface area contributed by atoms with Gasteiger partial charge in [0.1, 0.15) is 10.8 Å². The molecule has 1 aromatic heterocycles. The number of hydrogen-bond acceptors (Lipinski definition) is 2. The standard InChI is InChI=1S/C12H12ClF2N3/c1-3-4-9-16-12(18(2)17-9)7-5-6-8(14)10(13)11(7)15/h5-6H,3-4H2,1-2H3. The van der Waals surface area contributed by atoms with E-state index < -0.39 is 16.7 Å². The minimum Gasteiger partial charge on any atom is -0.249 e. The summed E-state index contributed by atoms with van der Waals surface area (Å²) in [7, 11) is 1.66. The van der Waals surface area contributed by atoms with Crippen LogP contribution in [-0.2, 0) is 13.5 Å². The normalized spacial score (nSPS) is 10.9. The lowest BCUT2D eigenvalue weighted by Gasteiger charge is -2.04. The fourth-order valence-electron chi connectivity index (χ4n) is 1.70. The molecule has 0 unspecified atom stereocenters. The molecule has 0 atom stereocenters. The highest BCUT2D eigenvalue weighted by Crippen LogP contribution is 2.28. The highest BCUT2D eigenvalue weighted by Gasteiger charge is 2.17. The molecular formula is C12H12ClF2N3.